The summed E-state index contributed by atoms with van der Waals surface area (Å²) in [6, 6.07) is 10.5. The second-order valence-electron chi connectivity index (χ2n) is 6.96. The van der Waals surface area contributed by atoms with E-state index in [9.17, 15) is 9.18 Å². The maximum Gasteiger partial charge on any atom is 0.253 e. The van der Waals surface area contributed by atoms with Gasteiger partial charge in [-0.15, -0.1) is 0 Å². The highest BCUT2D eigenvalue weighted by molar-refractivity contribution is 6.31. The fourth-order valence-corrected chi connectivity index (χ4v) is 3.77. The summed E-state index contributed by atoms with van der Waals surface area (Å²) < 4.78 is 24.4. The van der Waals surface area contributed by atoms with Gasteiger partial charge in [0.1, 0.15) is 12.4 Å². The summed E-state index contributed by atoms with van der Waals surface area (Å²) in [6.45, 7) is 5.06. The Morgan fingerprint density at radius 1 is 0.964 bits per heavy atom. The smallest absolute Gasteiger partial charge is 0.253 e. The van der Waals surface area contributed by atoms with Crippen LogP contribution in [0.4, 0.5) is 10.1 Å². The molecule has 0 N–H and O–H groups in total. The van der Waals surface area contributed by atoms with E-state index in [4.69, 9.17) is 21.1 Å². The van der Waals surface area contributed by atoms with Crippen molar-refractivity contribution in [3.63, 3.8) is 0 Å². The molecule has 4 rings (SSSR count). The Labute approximate surface area is 168 Å². The molecule has 0 aliphatic carbocycles. The summed E-state index contributed by atoms with van der Waals surface area (Å²) in [6.07, 6.45) is 0. The first-order valence-electron chi connectivity index (χ1n) is 9.38. The van der Waals surface area contributed by atoms with Crippen molar-refractivity contribution < 1.29 is 18.7 Å². The minimum Gasteiger partial charge on any atom is -0.379 e. The van der Waals surface area contributed by atoms with Crippen molar-refractivity contribution in [2.45, 2.75) is 6.61 Å². The van der Waals surface area contributed by atoms with Crippen LogP contribution in [0.5, 0.6) is 0 Å². The third-order valence-electron chi connectivity index (χ3n) is 5.15. The Morgan fingerprint density at radius 3 is 2.50 bits per heavy atom. The number of nitrogens with zero attached hydrogens (tertiary/aromatic N) is 2. The van der Waals surface area contributed by atoms with Crippen LogP contribution in [-0.4, -0.2) is 56.8 Å². The van der Waals surface area contributed by atoms with Crippen LogP contribution in [0.15, 0.2) is 36.4 Å². The molecule has 2 aliphatic rings. The quantitative estimate of drug-likeness (QED) is 0.783. The summed E-state index contributed by atoms with van der Waals surface area (Å²) in [4.78, 5) is 16.7. The lowest BCUT2D eigenvalue weighted by Crippen LogP contribution is -2.43. The van der Waals surface area contributed by atoms with Crippen LogP contribution in [0.3, 0.4) is 0 Å². The van der Waals surface area contributed by atoms with E-state index in [0.717, 1.165) is 55.2 Å². The van der Waals surface area contributed by atoms with Gasteiger partial charge in [-0.2, -0.15) is 0 Å². The van der Waals surface area contributed by atoms with E-state index in [1.165, 1.54) is 6.07 Å². The summed E-state index contributed by atoms with van der Waals surface area (Å²) in [5, 5.41) is 0.0889. The summed E-state index contributed by atoms with van der Waals surface area (Å²) >= 11 is 5.92. The molecule has 148 valence electrons. The van der Waals surface area contributed by atoms with Crippen LogP contribution in [0, 0.1) is 5.82 Å². The van der Waals surface area contributed by atoms with Crippen LogP contribution >= 0.6 is 11.6 Å². The molecule has 1 saturated heterocycles. The number of fused-ring (bicyclic) bond motifs is 1. The number of morpholine rings is 1. The molecule has 2 aromatic rings. The van der Waals surface area contributed by atoms with Crippen molar-refractivity contribution in [2.75, 3.05) is 50.9 Å². The molecule has 0 spiro atoms. The van der Waals surface area contributed by atoms with E-state index < -0.39 is 5.82 Å². The van der Waals surface area contributed by atoms with Gasteiger partial charge < -0.3 is 14.4 Å². The van der Waals surface area contributed by atoms with E-state index in [1.54, 1.807) is 17.0 Å². The van der Waals surface area contributed by atoms with Gasteiger partial charge in [-0.25, -0.2) is 4.39 Å². The number of carbonyl (C=O) groups excluding carboxylic acids is 1. The molecule has 0 atom stereocenters. The van der Waals surface area contributed by atoms with Gasteiger partial charge >= 0.3 is 0 Å². The van der Waals surface area contributed by atoms with Crippen molar-refractivity contribution in [2.24, 2.45) is 0 Å². The maximum atomic E-state index is 13.5. The second kappa shape index (κ2) is 8.57. The minimum atomic E-state index is -0.441. The predicted molar refractivity (Wildman–Crippen MR) is 106 cm³/mol. The molecule has 5 nitrogen and oxygen atoms in total. The zero-order chi connectivity index (χ0) is 19.5. The fourth-order valence-electron chi connectivity index (χ4n) is 3.59. The van der Waals surface area contributed by atoms with E-state index in [2.05, 4.69) is 4.90 Å². The highest BCUT2D eigenvalue weighted by Crippen LogP contribution is 2.31. The van der Waals surface area contributed by atoms with E-state index in [0.29, 0.717) is 13.2 Å². The Balaban J connectivity index is 1.58. The predicted octanol–water partition coefficient (Wildman–Crippen LogP) is 3.34. The maximum absolute atomic E-state index is 13.5. The van der Waals surface area contributed by atoms with Crippen LogP contribution in [-0.2, 0) is 20.9 Å². The molecule has 2 aliphatic heterocycles. The zero-order valence-electron chi connectivity index (χ0n) is 15.5. The molecular weight excluding hydrogens is 383 g/mol. The van der Waals surface area contributed by atoms with Gasteiger partial charge in [0.15, 0.2) is 0 Å². The van der Waals surface area contributed by atoms with Crippen LogP contribution in [0.1, 0.15) is 5.56 Å². The number of ether oxygens (including phenoxy) is 2. The summed E-state index contributed by atoms with van der Waals surface area (Å²) in [7, 11) is 0. The molecule has 1 fully saturated rings. The number of carbonyl (C=O) groups is 1. The fraction of sp³-hybridized carbons (Fsp3) is 0.381. The standard InChI is InChI=1S/C21H22ClFN2O3/c22-18-12-16(1-3-19(18)23)15-2-4-20-17(11-15)13-28-14-21(26)25(20)6-5-24-7-9-27-10-8-24/h1-4,11-12H,5-10,13-14H2. The van der Waals surface area contributed by atoms with Crippen LogP contribution in [0.25, 0.3) is 11.1 Å². The van der Waals surface area contributed by atoms with Gasteiger partial charge in [-0.05, 0) is 35.4 Å². The number of hydrogen-bond acceptors (Lipinski definition) is 4. The number of anilines is 1. The van der Waals surface area contributed by atoms with Crippen molar-refractivity contribution in [1.29, 1.82) is 0 Å². The number of amides is 1. The van der Waals surface area contributed by atoms with E-state index in [-0.39, 0.29) is 17.5 Å². The molecular formula is C21H22ClFN2O3. The minimum absolute atomic E-state index is 0.0374. The molecule has 1 amide bonds. The third kappa shape index (κ3) is 4.20. The molecule has 0 aromatic heterocycles. The third-order valence-corrected chi connectivity index (χ3v) is 5.44. The first kappa shape index (κ1) is 19.3. The van der Waals surface area contributed by atoms with E-state index in [1.807, 2.05) is 18.2 Å². The molecule has 0 radical (unpaired) electrons. The van der Waals surface area contributed by atoms with Crippen molar-refractivity contribution >= 4 is 23.2 Å². The van der Waals surface area contributed by atoms with E-state index >= 15 is 0 Å². The second-order valence-corrected chi connectivity index (χ2v) is 7.37. The Kier molecular flexibility index (Phi) is 5.92. The molecule has 0 bridgehead atoms. The first-order chi connectivity index (χ1) is 13.6. The molecule has 2 heterocycles. The monoisotopic (exact) mass is 404 g/mol. The first-order valence-corrected chi connectivity index (χ1v) is 9.76. The Hall–Kier alpha value is -1.99. The summed E-state index contributed by atoms with van der Waals surface area (Å²) in [5.74, 6) is -0.479. The van der Waals surface area contributed by atoms with Gasteiger partial charge in [0.2, 0.25) is 0 Å². The average molecular weight is 405 g/mol. The lowest BCUT2D eigenvalue weighted by atomic mass is 10.0. The Morgan fingerprint density at radius 2 is 1.71 bits per heavy atom. The molecule has 28 heavy (non-hydrogen) atoms. The van der Waals surface area contributed by atoms with Gasteiger partial charge in [0, 0.05) is 37.4 Å². The normalized spacial score (nSPS) is 18.1. The molecule has 7 heteroatoms. The number of hydrogen-bond donors (Lipinski definition) is 0. The lowest BCUT2D eigenvalue weighted by Gasteiger charge is -2.30. The van der Waals surface area contributed by atoms with Crippen LogP contribution in [0.2, 0.25) is 5.02 Å². The molecule has 0 unspecified atom stereocenters. The van der Waals surface area contributed by atoms with Gasteiger partial charge in [0.25, 0.3) is 5.91 Å². The van der Waals surface area contributed by atoms with Gasteiger partial charge in [-0.1, -0.05) is 23.7 Å². The SMILES string of the molecule is O=C1COCc2cc(-c3ccc(F)c(Cl)c3)ccc2N1CCN1CCOCC1. The highest BCUT2D eigenvalue weighted by Gasteiger charge is 2.24. The molecule has 2 aromatic carbocycles. The van der Waals surface area contributed by atoms with Crippen molar-refractivity contribution in [3.05, 3.63) is 52.8 Å². The zero-order valence-corrected chi connectivity index (χ0v) is 16.3. The largest absolute Gasteiger partial charge is 0.379 e. The van der Waals surface area contributed by atoms with Crippen molar-refractivity contribution in [1.82, 2.24) is 4.90 Å². The number of rotatable bonds is 4. The Bertz CT molecular complexity index is 871. The summed E-state index contributed by atoms with van der Waals surface area (Å²) in [5.41, 5.74) is 3.54. The average Bonchev–Trinajstić information content (AvgIpc) is 2.87. The topological polar surface area (TPSA) is 42.0 Å². The molecule has 0 saturated carbocycles. The van der Waals surface area contributed by atoms with Gasteiger partial charge in [-0.3, -0.25) is 9.69 Å². The highest BCUT2D eigenvalue weighted by atomic mass is 35.5. The number of benzene rings is 2. The van der Waals surface area contributed by atoms with Gasteiger partial charge in [0.05, 0.1) is 24.8 Å². The van der Waals surface area contributed by atoms with Crippen molar-refractivity contribution in [3.8, 4) is 11.1 Å². The number of halogens is 2. The lowest BCUT2D eigenvalue weighted by molar-refractivity contribution is -0.123. The van der Waals surface area contributed by atoms with Crippen LogP contribution < -0.4 is 4.90 Å².